The minimum atomic E-state index is -0.460. The number of amides is 2. The Morgan fingerprint density at radius 3 is 2.44 bits per heavy atom. The molecule has 0 aliphatic heterocycles. The molecule has 132 valence electrons. The van der Waals surface area contributed by atoms with Gasteiger partial charge in [0, 0.05) is 5.56 Å². The van der Waals surface area contributed by atoms with Crippen molar-refractivity contribution in [3.8, 4) is 11.5 Å². The molecule has 0 saturated carbocycles. The number of benzene rings is 2. The van der Waals surface area contributed by atoms with E-state index in [1.807, 2.05) is 13.8 Å². The Morgan fingerprint density at radius 1 is 1.00 bits per heavy atom. The first-order chi connectivity index (χ1) is 12.0. The fourth-order valence-electron chi connectivity index (χ4n) is 2.08. The number of ether oxygens (including phenoxy) is 2. The van der Waals surface area contributed by atoms with Crippen LogP contribution in [0, 0.1) is 5.92 Å². The Kier molecular flexibility index (Phi) is 6.39. The van der Waals surface area contributed by atoms with Crippen molar-refractivity contribution in [1.82, 2.24) is 10.9 Å². The highest BCUT2D eigenvalue weighted by molar-refractivity contribution is 6.00. The smallest absolute Gasteiger partial charge is 0.273 e. The van der Waals surface area contributed by atoms with E-state index >= 15 is 0 Å². The van der Waals surface area contributed by atoms with Crippen molar-refractivity contribution in [1.29, 1.82) is 0 Å². The van der Waals surface area contributed by atoms with Crippen LogP contribution in [0.4, 0.5) is 0 Å². The molecule has 0 atom stereocenters. The second kappa shape index (κ2) is 8.73. The Morgan fingerprint density at radius 2 is 1.72 bits per heavy atom. The van der Waals surface area contributed by atoms with Crippen molar-refractivity contribution >= 4 is 11.8 Å². The molecular weight excluding hydrogens is 320 g/mol. The molecule has 0 heterocycles. The summed E-state index contributed by atoms with van der Waals surface area (Å²) in [5, 5.41) is 0. The average Bonchev–Trinajstić information content (AvgIpc) is 2.64. The van der Waals surface area contributed by atoms with Crippen LogP contribution in [0.5, 0.6) is 11.5 Å². The van der Waals surface area contributed by atoms with Gasteiger partial charge in [-0.25, -0.2) is 0 Å². The predicted octanol–water partition coefficient (Wildman–Crippen LogP) is 2.80. The molecule has 2 aromatic carbocycles. The summed E-state index contributed by atoms with van der Waals surface area (Å²) in [6, 6.07) is 13.6. The Hall–Kier alpha value is -3.02. The van der Waals surface area contributed by atoms with E-state index in [4.69, 9.17) is 9.47 Å². The van der Waals surface area contributed by atoms with Gasteiger partial charge in [0.15, 0.2) is 0 Å². The third kappa shape index (κ3) is 5.24. The van der Waals surface area contributed by atoms with Gasteiger partial charge in [0.2, 0.25) is 0 Å². The fraction of sp³-hybridized carbons (Fsp3) is 0.263. The maximum atomic E-state index is 12.2. The van der Waals surface area contributed by atoms with Gasteiger partial charge in [0.1, 0.15) is 11.5 Å². The lowest BCUT2D eigenvalue weighted by atomic mass is 10.2. The van der Waals surface area contributed by atoms with Crippen molar-refractivity contribution in [3.63, 3.8) is 0 Å². The van der Waals surface area contributed by atoms with E-state index in [1.54, 1.807) is 48.5 Å². The first-order valence-corrected chi connectivity index (χ1v) is 7.98. The highest BCUT2D eigenvalue weighted by Gasteiger charge is 2.13. The zero-order chi connectivity index (χ0) is 18.2. The van der Waals surface area contributed by atoms with E-state index in [-0.39, 0.29) is 0 Å². The minimum Gasteiger partial charge on any atom is -0.496 e. The quantitative estimate of drug-likeness (QED) is 0.792. The van der Waals surface area contributed by atoms with Crippen molar-refractivity contribution in [3.05, 3.63) is 59.7 Å². The summed E-state index contributed by atoms with van der Waals surface area (Å²) >= 11 is 0. The molecular formula is C19H22N2O4. The van der Waals surface area contributed by atoms with E-state index < -0.39 is 11.8 Å². The van der Waals surface area contributed by atoms with E-state index in [0.29, 0.717) is 35.2 Å². The summed E-state index contributed by atoms with van der Waals surface area (Å²) in [5.74, 6) is 0.532. The molecule has 0 saturated heterocycles. The lowest BCUT2D eigenvalue weighted by molar-refractivity contribution is 0.0844. The number of rotatable bonds is 6. The number of hydrogen-bond acceptors (Lipinski definition) is 4. The second-order valence-corrected chi connectivity index (χ2v) is 5.84. The molecule has 0 unspecified atom stereocenters. The molecule has 6 heteroatoms. The molecule has 2 aromatic rings. The van der Waals surface area contributed by atoms with Gasteiger partial charge >= 0.3 is 0 Å². The van der Waals surface area contributed by atoms with Crippen LogP contribution in [0.3, 0.4) is 0 Å². The zero-order valence-electron chi connectivity index (χ0n) is 14.5. The van der Waals surface area contributed by atoms with E-state index in [2.05, 4.69) is 10.9 Å². The summed E-state index contributed by atoms with van der Waals surface area (Å²) in [4.78, 5) is 24.4. The predicted molar refractivity (Wildman–Crippen MR) is 94.7 cm³/mol. The van der Waals surface area contributed by atoms with Crippen LogP contribution in [0.15, 0.2) is 48.5 Å². The summed E-state index contributed by atoms with van der Waals surface area (Å²) in [5.41, 5.74) is 5.50. The van der Waals surface area contributed by atoms with E-state index in [9.17, 15) is 9.59 Å². The van der Waals surface area contributed by atoms with Crippen molar-refractivity contribution < 1.29 is 19.1 Å². The highest BCUT2D eigenvalue weighted by Crippen LogP contribution is 2.17. The molecule has 0 bridgehead atoms. The summed E-state index contributed by atoms with van der Waals surface area (Å²) < 4.78 is 10.7. The van der Waals surface area contributed by atoms with Crippen molar-refractivity contribution in [2.45, 2.75) is 13.8 Å². The number of methoxy groups -OCH3 is 1. The molecule has 0 fully saturated rings. The number of hydrogen-bond donors (Lipinski definition) is 2. The van der Waals surface area contributed by atoms with Gasteiger partial charge in [-0.3, -0.25) is 20.4 Å². The molecule has 0 spiro atoms. The normalized spacial score (nSPS) is 10.2. The molecule has 25 heavy (non-hydrogen) atoms. The molecule has 0 aromatic heterocycles. The molecule has 0 aliphatic rings. The molecule has 2 rings (SSSR count). The van der Waals surface area contributed by atoms with Crippen LogP contribution < -0.4 is 20.3 Å². The zero-order valence-corrected chi connectivity index (χ0v) is 14.5. The van der Waals surface area contributed by atoms with Crippen LogP contribution in [0.1, 0.15) is 34.6 Å². The van der Waals surface area contributed by atoms with Crippen LogP contribution in [0.2, 0.25) is 0 Å². The lowest BCUT2D eigenvalue weighted by Crippen LogP contribution is -2.41. The van der Waals surface area contributed by atoms with E-state index in [0.717, 1.165) is 0 Å². The van der Waals surface area contributed by atoms with Gasteiger partial charge in [0.25, 0.3) is 11.8 Å². The first-order valence-electron chi connectivity index (χ1n) is 7.98. The maximum absolute atomic E-state index is 12.2. The van der Waals surface area contributed by atoms with Crippen molar-refractivity contribution in [2.24, 2.45) is 5.92 Å². The molecule has 2 N–H and O–H groups in total. The summed E-state index contributed by atoms with van der Waals surface area (Å²) in [6.45, 7) is 4.66. The van der Waals surface area contributed by atoms with Gasteiger partial charge in [-0.15, -0.1) is 0 Å². The molecule has 2 amide bonds. The topological polar surface area (TPSA) is 76.7 Å². The highest BCUT2D eigenvalue weighted by atomic mass is 16.5. The third-order valence-electron chi connectivity index (χ3n) is 3.32. The number of carbonyl (C=O) groups excluding carboxylic acids is 2. The SMILES string of the molecule is COc1ccccc1C(=O)NNC(=O)c1cccc(OCC(C)C)c1. The van der Waals surface area contributed by atoms with Gasteiger partial charge in [-0.05, 0) is 36.2 Å². The monoisotopic (exact) mass is 342 g/mol. The maximum Gasteiger partial charge on any atom is 0.273 e. The number of para-hydroxylation sites is 1. The minimum absolute atomic E-state index is 0.333. The average molecular weight is 342 g/mol. The molecule has 6 nitrogen and oxygen atoms in total. The number of carbonyl (C=O) groups is 2. The van der Waals surface area contributed by atoms with Crippen LogP contribution >= 0.6 is 0 Å². The second-order valence-electron chi connectivity index (χ2n) is 5.84. The van der Waals surface area contributed by atoms with Gasteiger partial charge in [-0.2, -0.15) is 0 Å². The molecule has 0 radical (unpaired) electrons. The Balaban J connectivity index is 1.98. The van der Waals surface area contributed by atoms with Gasteiger partial charge < -0.3 is 9.47 Å². The van der Waals surface area contributed by atoms with Crippen LogP contribution in [0.25, 0.3) is 0 Å². The van der Waals surface area contributed by atoms with Crippen molar-refractivity contribution in [2.75, 3.05) is 13.7 Å². The standard InChI is InChI=1S/C19H22N2O4/c1-13(2)12-25-15-8-6-7-14(11-15)18(22)20-21-19(23)16-9-4-5-10-17(16)24-3/h4-11,13H,12H2,1-3H3,(H,20,22)(H,21,23). The largest absolute Gasteiger partial charge is 0.496 e. The summed E-state index contributed by atoms with van der Waals surface area (Å²) in [7, 11) is 1.48. The Bertz CT molecular complexity index is 744. The third-order valence-corrected chi connectivity index (χ3v) is 3.32. The Labute approximate surface area is 147 Å². The molecule has 0 aliphatic carbocycles. The fourth-order valence-corrected chi connectivity index (χ4v) is 2.08. The summed E-state index contributed by atoms with van der Waals surface area (Å²) in [6.07, 6.45) is 0. The van der Waals surface area contributed by atoms with Gasteiger partial charge in [-0.1, -0.05) is 32.0 Å². The number of hydrazine groups is 1. The lowest BCUT2D eigenvalue weighted by Gasteiger charge is -2.11. The van der Waals surface area contributed by atoms with Crippen LogP contribution in [-0.4, -0.2) is 25.5 Å². The van der Waals surface area contributed by atoms with Crippen LogP contribution in [-0.2, 0) is 0 Å². The first kappa shape index (κ1) is 18.3. The van der Waals surface area contributed by atoms with Gasteiger partial charge in [0.05, 0.1) is 19.3 Å². The van der Waals surface area contributed by atoms with E-state index in [1.165, 1.54) is 7.11 Å². The number of nitrogens with one attached hydrogen (secondary N) is 2.